The van der Waals surface area contributed by atoms with Gasteiger partial charge in [0.05, 0.1) is 0 Å². The number of hydrogen-bond donors (Lipinski definition) is 2. The fraction of sp³-hybridized carbons (Fsp3) is 0.0400. The summed E-state index contributed by atoms with van der Waals surface area (Å²) in [4.78, 5) is 16.6. The van der Waals surface area contributed by atoms with Crippen molar-refractivity contribution in [2.24, 2.45) is 0 Å². The Labute approximate surface area is 175 Å². The van der Waals surface area contributed by atoms with E-state index in [-0.39, 0.29) is 6.03 Å². The number of carbonyl (C=O) groups excluding carboxylic acids is 1. The van der Waals surface area contributed by atoms with Crippen molar-refractivity contribution in [1.82, 2.24) is 4.98 Å². The maximum Gasteiger partial charge on any atom is 0.323 e. The third-order valence-electron chi connectivity index (χ3n) is 4.44. The summed E-state index contributed by atoms with van der Waals surface area (Å²) in [6.07, 6.45) is 1.79. The summed E-state index contributed by atoms with van der Waals surface area (Å²) in [5.74, 6) is 1.39. The Morgan fingerprint density at radius 2 is 1.47 bits per heavy atom. The van der Waals surface area contributed by atoms with E-state index < -0.39 is 0 Å². The van der Waals surface area contributed by atoms with Gasteiger partial charge in [-0.05, 0) is 66.6 Å². The second-order valence-electron chi connectivity index (χ2n) is 6.79. The van der Waals surface area contributed by atoms with Crippen molar-refractivity contribution in [3.05, 3.63) is 103 Å². The molecule has 0 fully saturated rings. The molecule has 0 atom stereocenters. The number of amides is 2. The van der Waals surface area contributed by atoms with Crippen LogP contribution < -0.4 is 15.4 Å². The Kier molecular flexibility index (Phi) is 5.71. The zero-order valence-corrected chi connectivity index (χ0v) is 16.5. The van der Waals surface area contributed by atoms with Crippen molar-refractivity contribution in [3.63, 3.8) is 0 Å². The Bertz CT molecular complexity index is 1140. The highest BCUT2D eigenvalue weighted by atomic mass is 16.5. The molecule has 0 aliphatic rings. The Morgan fingerprint density at radius 3 is 2.23 bits per heavy atom. The molecule has 0 aliphatic heterocycles. The number of nitrogens with zero attached hydrogens (tertiary/aromatic N) is 1. The Balaban J connectivity index is 1.38. The number of para-hydroxylation sites is 1. The molecule has 2 N–H and O–H groups in total. The largest absolute Gasteiger partial charge is 0.457 e. The monoisotopic (exact) mass is 395 g/mol. The average molecular weight is 395 g/mol. The van der Waals surface area contributed by atoms with Crippen LogP contribution >= 0.6 is 0 Å². The minimum Gasteiger partial charge on any atom is -0.457 e. The van der Waals surface area contributed by atoms with Gasteiger partial charge in [0, 0.05) is 29.3 Å². The standard InChI is InChI=1S/C25H21N3O2/c1-18-16-20(14-15-26-18)19-10-12-21(13-11-19)27-25(29)28-22-6-5-9-24(17-22)30-23-7-3-2-4-8-23/h2-17H,1H3,(H2,27,28,29). The van der Waals surface area contributed by atoms with Crippen LogP contribution in [0.5, 0.6) is 11.5 Å². The molecule has 4 aromatic rings. The molecule has 0 radical (unpaired) electrons. The fourth-order valence-electron chi connectivity index (χ4n) is 3.03. The zero-order valence-electron chi connectivity index (χ0n) is 16.5. The van der Waals surface area contributed by atoms with Gasteiger partial charge in [-0.2, -0.15) is 0 Å². The van der Waals surface area contributed by atoms with Gasteiger partial charge in [-0.1, -0.05) is 36.4 Å². The minimum atomic E-state index is -0.320. The number of urea groups is 1. The molecule has 0 saturated heterocycles. The quantitative estimate of drug-likeness (QED) is 0.406. The number of carbonyl (C=O) groups is 1. The van der Waals surface area contributed by atoms with E-state index in [0.717, 1.165) is 22.6 Å². The van der Waals surface area contributed by atoms with Crippen molar-refractivity contribution >= 4 is 17.4 Å². The number of ether oxygens (including phenoxy) is 1. The van der Waals surface area contributed by atoms with Crippen LogP contribution in [0.4, 0.5) is 16.2 Å². The summed E-state index contributed by atoms with van der Waals surface area (Å²) in [7, 11) is 0. The molecule has 148 valence electrons. The molecule has 4 rings (SSSR count). The van der Waals surface area contributed by atoms with Gasteiger partial charge in [0.1, 0.15) is 11.5 Å². The van der Waals surface area contributed by atoms with Crippen LogP contribution in [-0.4, -0.2) is 11.0 Å². The number of anilines is 2. The maximum absolute atomic E-state index is 12.4. The van der Waals surface area contributed by atoms with E-state index in [1.165, 1.54) is 0 Å². The van der Waals surface area contributed by atoms with Crippen LogP contribution in [0.2, 0.25) is 0 Å². The topological polar surface area (TPSA) is 63.2 Å². The Morgan fingerprint density at radius 1 is 0.733 bits per heavy atom. The van der Waals surface area contributed by atoms with Crippen LogP contribution in [-0.2, 0) is 0 Å². The molecule has 30 heavy (non-hydrogen) atoms. The van der Waals surface area contributed by atoms with Gasteiger partial charge in [0.2, 0.25) is 0 Å². The molecule has 5 nitrogen and oxygen atoms in total. The third-order valence-corrected chi connectivity index (χ3v) is 4.44. The lowest BCUT2D eigenvalue weighted by Crippen LogP contribution is -2.19. The third kappa shape index (κ3) is 5.02. The van der Waals surface area contributed by atoms with E-state index in [2.05, 4.69) is 15.6 Å². The number of pyridine rings is 1. The fourth-order valence-corrected chi connectivity index (χ4v) is 3.03. The first kappa shape index (κ1) is 19.2. The van der Waals surface area contributed by atoms with E-state index >= 15 is 0 Å². The molecule has 1 heterocycles. The van der Waals surface area contributed by atoms with Crippen LogP contribution in [0.1, 0.15) is 5.69 Å². The predicted octanol–water partition coefficient (Wildman–Crippen LogP) is 6.49. The Hall–Kier alpha value is -4.12. The van der Waals surface area contributed by atoms with E-state index in [9.17, 15) is 4.79 Å². The summed E-state index contributed by atoms with van der Waals surface area (Å²) < 4.78 is 5.81. The predicted molar refractivity (Wildman–Crippen MR) is 120 cm³/mol. The van der Waals surface area contributed by atoms with Gasteiger partial charge in [-0.15, -0.1) is 0 Å². The normalized spacial score (nSPS) is 10.3. The molecule has 0 bridgehead atoms. The highest BCUT2D eigenvalue weighted by molar-refractivity contribution is 6.00. The van der Waals surface area contributed by atoms with E-state index in [0.29, 0.717) is 17.1 Å². The number of rotatable bonds is 5. The summed E-state index contributed by atoms with van der Waals surface area (Å²) >= 11 is 0. The highest BCUT2D eigenvalue weighted by Crippen LogP contribution is 2.24. The van der Waals surface area contributed by atoms with Gasteiger partial charge in [0.15, 0.2) is 0 Å². The second kappa shape index (κ2) is 8.92. The summed E-state index contributed by atoms with van der Waals surface area (Å²) in [5, 5.41) is 5.68. The van der Waals surface area contributed by atoms with Gasteiger partial charge in [-0.25, -0.2) is 4.79 Å². The van der Waals surface area contributed by atoms with Crippen LogP contribution in [0.3, 0.4) is 0 Å². The lowest BCUT2D eigenvalue weighted by atomic mass is 10.1. The first-order valence-electron chi connectivity index (χ1n) is 9.60. The summed E-state index contributed by atoms with van der Waals surface area (Å²) in [6.45, 7) is 1.96. The molecule has 2 amide bonds. The smallest absolute Gasteiger partial charge is 0.323 e. The molecule has 0 unspecified atom stereocenters. The highest BCUT2D eigenvalue weighted by Gasteiger charge is 2.05. The zero-order chi connectivity index (χ0) is 20.8. The SMILES string of the molecule is Cc1cc(-c2ccc(NC(=O)Nc3cccc(Oc4ccccc4)c3)cc2)ccn1. The number of aryl methyl sites for hydroxylation is 1. The molecule has 5 heteroatoms. The van der Waals surface area contributed by atoms with Crippen LogP contribution in [0, 0.1) is 6.92 Å². The lowest BCUT2D eigenvalue weighted by Gasteiger charge is -2.10. The van der Waals surface area contributed by atoms with Crippen molar-refractivity contribution in [2.45, 2.75) is 6.92 Å². The summed E-state index contributed by atoms with van der Waals surface area (Å²) in [6, 6.07) is 28.1. The van der Waals surface area contributed by atoms with Gasteiger partial charge < -0.3 is 15.4 Å². The second-order valence-corrected chi connectivity index (χ2v) is 6.79. The first-order valence-corrected chi connectivity index (χ1v) is 9.60. The summed E-state index contributed by atoms with van der Waals surface area (Å²) in [5.41, 5.74) is 4.47. The van der Waals surface area contributed by atoms with E-state index in [4.69, 9.17) is 4.74 Å². The van der Waals surface area contributed by atoms with Gasteiger partial charge >= 0.3 is 6.03 Å². The number of hydrogen-bond acceptors (Lipinski definition) is 3. The van der Waals surface area contributed by atoms with Crippen LogP contribution in [0.15, 0.2) is 97.2 Å². The van der Waals surface area contributed by atoms with Crippen LogP contribution in [0.25, 0.3) is 11.1 Å². The molecule has 0 spiro atoms. The molecule has 3 aromatic carbocycles. The van der Waals surface area contributed by atoms with Crippen molar-refractivity contribution in [1.29, 1.82) is 0 Å². The lowest BCUT2D eigenvalue weighted by molar-refractivity contribution is 0.262. The molecular weight excluding hydrogens is 374 g/mol. The number of aromatic nitrogens is 1. The van der Waals surface area contributed by atoms with Crippen molar-refractivity contribution in [2.75, 3.05) is 10.6 Å². The van der Waals surface area contributed by atoms with E-state index in [1.807, 2.05) is 91.9 Å². The first-order chi connectivity index (χ1) is 14.7. The molecule has 0 aliphatic carbocycles. The minimum absolute atomic E-state index is 0.320. The van der Waals surface area contributed by atoms with Crippen molar-refractivity contribution in [3.8, 4) is 22.6 Å². The number of benzene rings is 3. The number of nitrogens with one attached hydrogen (secondary N) is 2. The average Bonchev–Trinajstić information content (AvgIpc) is 2.75. The van der Waals surface area contributed by atoms with E-state index in [1.54, 1.807) is 12.3 Å². The maximum atomic E-state index is 12.4. The van der Waals surface area contributed by atoms with Crippen molar-refractivity contribution < 1.29 is 9.53 Å². The molecule has 1 aromatic heterocycles. The molecule has 0 saturated carbocycles. The molecular formula is C25H21N3O2. The van der Waals surface area contributed by atoms with Gasteiger partial charge in [0.25, 0.3) is 0 Å². The van der Waals surface area contributed by atoms with Gasteiger partial charge in [-0.3, -0.25) is 4.98 Å².